The highest BCUT2D eigenvalue weighted by molar-refractivity contribution is 5.77. The highest BCUT2D eigenvalue weighted by atomic mass is 14.8. The molecule has 0 aliphatic carbocycles. The van der Waals surface area contributed by atoms with E-state index < -0.39 is 0 Å². The van der Waals surface area contributed by atoms with Crippen molar-refractivity contribution in [1.29, 1.82) is 0 Å². The summed E-state index contributed by atoms with van der Waals surface area (Å²) in [5.74, 6) is 0. The number of aromatic nitrogens is 1. The van der Waals surface area contributed by atoms with Crippen LogP contribution in [-0.4, -0.2) is 17.2 Å². The Morgan fingerprint density at radius 1 is 1.58 bits per heavy atom. The maximum absolute atomic E-state index is 4.37. The van der Waals surface area contributed by atoms with Crippen LogP contribution >= 0.6 is 0 Å². The van der Waals surface area contributed by atoms with Gasteiger partial charge in [0.1, 0.15) is 0 Å². The molecule has 1 rings (SSSR count). The molecule has 0 saturated carbocycles. The molecule has 1 aromatic rings. The molecule has 1 N–H and O–H groups in total. The summed E-state index contributed by atoms with van der Waals surface area (Å²) in [5, 5.41) is 0. The third-order valence-electron chi connectivity index (χ3n) is 1.91. The van der Waals surface area contributed by atoms with Crippen molar-refractivity contribution < 1.29 is 0 Å². The fourth-order valence-electron chi connectivity index (χ4n) is 0.914. The molecular weight excluding hydrogens is 148 g/mol. The minimum Gasteiger partial charge on any atom is -0.358 e. The van der Waals surface area contributed by atoms with Crippen LogP contribution in [0.2, 0.25) is 0 Å². The first-order valence-corrected chi connectivity index (χ1v) is 4.41. The first kappa shape index (κ1) is 9.04. The van der Waals surface area contributed by atoms with Crippen molar-refractivity contribution in [3.8, 4) is 0 Å². The van der Waals surface area contributed by atoms with Gasteiger partial charge in [-0.05, 0) is 32.4 Å². The van der Waals surface area contributed by atoms with Gasteiger partial charge in [-0.2, -0.15) is 0 Å². The highest BCUT2D eigenvalue weighted by Crippen LogP contribution is 1.99. The third kappa shape index (κ3) is 2.53. The minimum absolute atomic E-state index is 0.425. The Bertz CT molecular complexity index is 261. The van der Waals surface area contributed by atoms with Crippen LogP contribution in [0.1, 0.15) is 31.7 Å². The zero-order valence-corrected chi connectivity index (χ0v) is 7.96. The average Bonchev–Trinajstić information content (AvgIpc) is 2.47. The summed E-state index contributed by atoms with van der Waals surface area (Å²) < 4.78 is 0. The number of aryl methyl sites for hydroxylation is 1. The van der Waals surface area contributed by atoms with Crippen molar-refractivity contribution in [2.45, 2.75) is 33.2 Å². The minimum atomic E-state index is 0.425. The number of hydrogen-bond donors (Lipinski definition) is 1. The lowest BCUT2D eigenvalue weighted by molar-refractivity contribution is 0.720. The summed E-state index contributed by atoms with van der Waals surface area (Å²) in [6, 6.07) is 4.52. The molecule has 1 heterocycles. The number of H-pyrrole nitrogens is 1. The molecule has 0 aromatic carbocycles. The van der Waals surface area contributed by atoms with E-state index in [1.807, 2.05) is 19.2 Å². The zero-order chi connectivity index (χ0) is 8.97. The second-order valence-corrected chi connectivity index (χ2v) is 3.13. The lowest BCUT2D eigenvalue weighted by Crippen LogP contribution is -1.95. The van der Waals surface area contributed by atoms with Gasteiger partial charge in [-0.25, -0.2) is 0 Å². The molecule has 0 saturated heterocycles. The monoisotopic (exact) mass is 164 g/mol. The van der Waals surface area contributed by atoms with Crippen molar-refractivity contribution in [2.75, 3.05) is 0 Å². The summed E-state index contributed by atoms with van der Waals surface area (Å²) in [6.07, 6.45) is 3.00. The van der Waals surface area contributed by atoms with Gasteiger partial charge in [0.25, 0.3) is 0 Å². The Kier molecular flexibility index (Phi) is 3.09. The van der Waals surface area contributed by atoms with Crippen LogP contribution in [0.5, 0.6) is 0 Å². The Morgan fingerprint density at radius 3 is 2.83 bits per heavy atom. The normalized spacial score (nSPS) is 13.9. The number of rotatable bonds is 3. The highest BCUT2D eigenvalue weighted by Gasteiger charge is 1.93. The van der Waals surface area contributed by atoms with Crippen LogP contribution in [0.3, 0.4) is 0 Å². The predicted octanol–water partition coefficient (Wildman–Crippen LogP) is 2.54. The fraction of sp³-hybridized carbons (Fsp3) is 0.500. The molecule has 0 fully saturated rings. The van der Waals surface area contributed by atoms with Gasteiger partial charge in [-0.1, -0.05) is 6.92 Å². The quantitative estimate of drug-likeness (QED) is 0.665. The SMILES string of the molecule is CCC(C)N=Cc1ccc(C)[nH]1. The van der Waals surface area contributed by atoms with Crippen LogP contribution < -0.4 is 0 Å². The molecule has 0 spiro atoms. The fourth-order valence-corrected chi connectivity index (χ4v) is 0.914. The maximum Gasteiger partial charge on any atom is 0.0563 e. The maximum atomic E-state index is 4.37. The molecule has 1 aromatic heterocycles. The smallest absolute Gasteiger partial charge is 0.0563 e. The van der Waals surface area contributed by atoms with Gasteiger partial charge in [0, 0.05) is 18.0 Å². The van der Waals surface area contributed by atoms with E-state index >= 15 is 0 Å². The topological polar surface area (TPSA) is 28.1 Å². The molecule has 1 atom stereocenters. The number of nitrogens with one attached hydrogen (secondary N) is 1. The van der Waals surface area contributed by atoms with Gasteiger partial charge in [0.2, 0.25) is 0 Å². The van der Waals surface area contributed by atoms with E-state index in [-0.39, 0.29) is 0 Å². The first-order valence-electron chi connectivity index (χ1n) is 4.41. The lowest BCUT2D eigenvalue weighted by atomic mass is 10.3. The average molecular weight is 164 g/mol. The largest absolute Gasteiger partial charge is 0.358 e. The van der Waals surface area contributed by atoms with Gasteiger partial charge < -0.3 is 4.98 Å². The van der Waals surface area contributed by atoms with E-state index in [2.05, 4.69) is 29.9 Å². The van der Waals surface area contributed by atoms with E-state index in [0.717, 1.165) is 12.1 Å². The second-order valence-electron chi connectivity index (χ2n) is 3.13. The van der Waals surface area contributed by atoms with Gasteiger partial charge in [-0.15, -0.1) is 0 Å². The van der Waals surface area contributed by atoms with Gasteiger partial charge in [0.15, 0.2) is 0 Å². The van der Waals surface area contributed by atoms with E-state index in [1.165, 1.54) is 5.69 Å². The molecule has 0 bridgehead atoms. The molecule has 1 unspecified atom stereocenters. The summed E-state index contributed by atoms with van der Waals surface area (Å²) in [4.78, 5) is 7.58. The number of aliphatic imine (C=N–C) groups is 1. The first-order chi connectivity index (χ1) is 5.72. The van der Waals surface area contributed by atoms with Crippen molar-refractivity contribution in [1.82, 2.24) is 4.98 Å². The van der Waals surface area contributed by atoms with Crippen molar-refractivity contribution >= 4 is 6.21 Å². The molecule has 66 valence electrons. The summed E-state index contributed by atoms with van der Waals surface area (Å²) in [6.45, 7) is 6.30. The van der Waals surface area contributed by atoms with Crippen molar-refractivity contribution in [3.63, 3.8) is 0 Å². The molecule has 2 heteroatoms. The van der Waals surface area contributed by atoms with E-state index in [1.54, 1.807) is 0 Å². The van der Waals surface area contributed by atoms with Crippen molar-refractivity contribution in [2.24, 2.45) is 4.99 Å². The van der Waals surface area contributed by atoms with Crippen LogP contribution in [0.4, 0.5) is 0 Å². The van der Waals surface area contributed by atoms with E-state index in [0.29, 0.717) is 6.04 Å². The summed E-state index contributed by atoms with van der Waals surface area (Å²) in [7, 11) is 0. The van der Waals surface area contributed by atoms with Gasteiger partial charge >= 0.3 is 0 Å². The summed E-state index contributed by atoms with van der Waals surface area (Å²) in [5.41, 5.74) is 2.27. The Labute approximate surface area is 73.7 Å². The molecule has 0 aliphatic rings. The molecule has 12 heavy (non-hydrogen) atoms. The summed E-state index contributed by atoms with van der Waals surface area (Å²) >= 11 is 0. The number of hydrogen-bond acceptors (Lipinski definition) is 1. The molecular formula is C10H16N2. The van der Waals surface area contributed by atoms with Gasteiger partial charge in [0.05, 0.1) is 5.69 Å². The second kappa shape index (κ2) is 4.10. The Hall–Kier alpha value is -1.05. The third-order valence-corrected chi connectivity index (χ3v) is 1.91. The van der Waals surface area contributed by atoms with Crippen LogP contribution in [0.15, 0.2) is 17.1 Å². The molecule has 0 radical (unpaired) electrons. The standard InChI is InChI=1S/C10H16N2/c1-4-8(2)11-7-10-6-5-9(3)12-10/h5-8,12H,4H2,1-3H3. The van der Waals surface area contributed by atoms with Crippen LogP contribution in [-0.2, 0) is 0 Å². The lowest BCUT2D eigenvalue weighted by Gasteiger charge is -1.98. The number of nitrogens with zero attached hydrogens (tertiary/aromatic N) is 1. The number of aromatic amines is 1. The Morgan fingerprint density at radius 2 is 2.33 bits per heavy atom. The van der Waals surface area contributed by atoms with Crippen LogP contribution in [0.25, 0.3) is 0 Å². The van der Waals surface area contributed by atoms with Crippen molar-refractivity contribution in [3.05, 3.63) is 23.5 Å². The predicted molar refractivity (Wildman–Crippen MR) is 52.9 cm³/mol. The van der Waals surface area contributed by atoms with Crippen LogP contribution in [0, 0.1) is 6.92 Å². The zero-order valence-electron chi connectivity index (χ0n) is 7.96. The van der Waals surface area contributed by atoms with E-state index in [9.17, 15) is 0 Å². The van der Waals surface area contributed by atoms with E-state index in [4.69, 9.17) is 0 Å². The molecule has 0 amide bonds. The Balaban J connectivity index is 2.57. The molecule has 0 aliphatic heterocycles. The molecule has 2 nitrogen and oxygen atoms in total. The van der Waals surface area contributed by atoms with Gasteiger partial charge in [-0.3, -0.25) is 4.99 Å².